The first-order valence-corrected chi connectivity index (χ1v) is 9.59. The molecule has 0 radical (unpaired) electrons. The molecule has 3 nitrogen and oxygen atoms in total. The van der Waals surface area contributed by atoms with Crippen LogP contribution in [0.5, 0.6) is 11.5 Å². The third kappa shape index (κ3) is 3.81. The third-order valence-corrected chi connectivity index (χ3v) is 5.01. The molecular formula is C26H22O3. The minimum absolute atomic E-state index is 0.563. The van der Waals surface area contributed by atoms with E-state index in [0.717, 1.165) is 56.7 Å². The van der Waals surface area contributed by atoms with Crippen LogP contribution in [0.1, 0.15) is 11.1 Å². The van der Waals surface area contributed by atoms with E-state index >= 15 is 0 Å². The molecule has 0 amide bonds. The molecule has 0 heterocycles. The summed E-state index contributed by atoms with van der Waals surface area (Å²) in [6.07, 6.45) is 6.66. The monoisotopic (exact) mass is 382 g/mol. The lowest BCUT2D eigenvalue weighted by molar-refractivity contribution is 0.469. The summed E-state index contributed by atoms with van der Waals surface area (Å²) in [4.78, 5) is 0. The van der Waals surface area contributed by atoms with Crippen LogP contribution in [0.4, 0.5) is 0 Å². The Kier molecular flexibility index (Phi) is 5.48. The fraction of sp³-hybridized carbons (Fsp3) is 0.0769. The van der Waals surface area contributed by atoms with Crippen LogP contribution in [0.25, 0.3) is 21.5 Å². The number of fused-ring (bicyclic) bond motifs is 2. The summed E-state index contributed by atoms with van der Waals surface area (Å²) >= 11 is 0. The van der Waals surface area contributed by atoms with E-state index in [9.17, 15) is 0 Å². The first kappa shape index (κ1) is 18.6. The van der Waals surface area contributed by atoms with Gasteiger partial charge >= 0.3 is 0 Å². The van der Waals surface area contributed by atoms with Gasteiger partial charge in [-0.1, -0.05) is 72.8 Å². The van der Waals surface area contributed by atoms with Gasteiger partial charge in [-0.05, 0) is 46.9 Å². The number of allylic oxidation sites excluding steroid dienone is 2. The molecule has 4 rings (SSSR count). The molecule has 0 aliphatic carbocycles. The Hall–Kier alpha value is -3.72. The predicted octanol–water partition coefficient (Wildman–Crippen LogP) is 7.01. The fourth-order valence-corrected chi connectivity index (χ4v) is 3.60. The summed E-state index contributed by atoms with van der Waals surface area (Å²) in [6, 6.07) is 24.5. The number of benzene rings is 4. The zero-order valence-corrected chi connectivity index (χ0v) is 16.0. The van der Waals surface area contributed by atoms with E-state index in [1.54, 1.807) is 12.2 Å². The van der Waals surface area contributed by atoms with Crippen molar-refractivity contribution < 1.29 is 14.9 Å². The lowest BCUT2D eigenvalue weighted by atomic mass is 10.0. The smallest absolute Gasteiger partial charge is 0.138 e. The van der Waals surface area contributed by atoms with Crippen LogP contribution in [-0.4, -0.2) is 10.2 Å². The molecule has 0 aromatic heterocycles. The summed E-state index contributed by atoms with van der Waals surface area (Å²) < 4.78 is 6.63. The van der Waals surface area contributed by atoms with Gasteiger partial charge in [0.1, 0.15) is 11.5 Å². The quantitative estimate of drug-likeness (QED) is 0.353. The zero-order valence-electron chi connectivity index (χ0n) is 16.0. The van der Waals surface area contributed by atoms with Crippen molar-refractivity contribution in [1.82, 2.24) is 0 Å². The number of rotatable bonds is 6. The van der Waals surface area contributed by atoms with Gasteiger partial charge in [0.15, 0.2) is 0 Å². The first-order valence-electron chi connectivity index (χ1n) is 9.59. The Bertz CT molecular complexity index is 1110. The largest absolute Gasteiger partial charge is 0.516 e. The molecule has 0 unspecified atom stereocenters. The SMILES string of the molecule is OC=CCc1ccc2ccccc2c1Oc1c(CC=CO)ccc2ccccc12. The molecule has 4 aromatic carbocycles. The van der Waals surface area contributed by atoms with Crippen LogP contribution in [0, 0.1) is 0 Å². The molecule has 3 heteroatoms. The van der Waals surface area contributed by atoms with Gasteiger partial charge < -0.3 is 14.9 Å². The molecule has 0 fully saturated rings. The average Bonchev–Trinajstić information content (AvgIpc) is 2.77. The van der Waals surface area contributed by atoms with E-state index in [4.69, 9.17) is 14.9 Å². The molecule has 0 aliphatic rings. The average molecular weight is 382 g/mol. The van der Waals surface area contributed by atoms with E-state index in [0.29, 0.717) is 12.8 Å². The van der Waals surface area contributed by atoms with Gasteiger partial charge in [0.05, 0.1) is 12.5 Å². The van der Waals surface area contributed by atoms with Crippen molar-refractivity contribution in [2.24, 2.45) is 0 Å². The lowest BCUT2D eigenvalue weighted by Gasteiger charge is -2.18. The highest BCUT2D eigenvalue weighted by Crippen LogP contribution is 2.39. The summed E-state index contributed by atoms with van der Waals surface area (Å²) in [5, 5.41) is 22.5. The lowest BCUT2D eigenvalue weighted by Crippen LogP contribution is -1.97. The van der Waals surface area contributed by atoms with Crippen molar-refractivity contribution in [2.45, 2.75) is 12.8 Å². The summed E-state index contributed by atoms with van der Waals surface area (Å²) in [7, 11) is 0. The maximum absolute atomic E-state index is 9.15. The topological polar surface area (TPSA) is 49.7 Å². The van der Waals surface area contributed by atoms with Crippen molar-refractivity contribution in [3.8, 4) is 11.5 Å². The first-order chi connectivity index (χ1) is 14.3. The van der Waals surface area contributed by atoms with E-state index < -0.39 is 0 Å². The molecule has 29 heavy (non-hydrogen) atoms. The van der Waals surface area contributed by atoms with Crippen LogP contribution >= 0.6 is 0 Å². The normalized spacial score (nSPS) is 11.7. The van der Waals surface area contributed by atoms with Gasteiger partial charge in [0.2, 0.25) is 0 Å². The van der Waals surface area contributed by atoms with Crippen LogP contribution in [-0.2, 0) is 12.8 Å². The van der Waals surface area contributed by atoms with E-state index in [2.05, 4.69) is 36.4 Å². The number of aliphatic hydroxyl groups is 2. The summed E-state index contributed by atoms with van der Waals surface area (Å²) in [5.74, 6) is 1.57. The minimum Gasteiger partial charge on any atom is -0.516 e. The van der Waals surface area contributed by atoms with Crippen LogP contribution < -0.4 is 4.74 Å². The number of hydrogen-bond donors (Lipinski definition) is 2. The van der Waals surface area contributed by atoms with E-state index in [1.165, 1.54) is 0 Å². The Morgan fingerprint density at radius 3 is 1.48 bits per heavy atom. The second kappa shape index (κ2) is 8.53. The molecule has 4 aromatic rings. The summed E-state index contributed by atoms with van der Waals surface area (Å²) in [5.41, 5.74) is 1.98. The van der Waals surface area contributed by atoms with Crippen molar-refractivity contribution >= 4 is 21.5 Å². The number of ether oxygens (including phenoxy) is 1. The van der Waals surface area contributed by atoms with Crippen molar-refractivity contribution in [3.05, 3.63) is 109 Å². The highest BCUT2D eigenvalue weighted by Gasteiger charge is 2.14. The van der Waals surface area contributed by atoms with Gasteiger partial charge in [0, 0.05) is 10.8 Å². The van der Waals surface area contributed by atoms with Crippen LogP contribution in [0.15, 0.2) is 97.5 Å². The molecule has 0 saturated heterocycles. The Morgan fingerprint density at radius 1 is 0.586 bits per heavy atom. The Balaban J connectivity index is 1.93. The fourth-order valence-electron chi connectivity index (χ4n) is 3.60. The zero-order chi connectivity index (χ0) is 20.1. The maximum atomic E-state index is 9.15. The predicted molar refractivity (Wildman–Crippen MR) is 119 cm³/mol. The highest BCUT2D eigenvalue weighted by atomic mass is 16.5. The maximum Gasteiger partial charge on any atom is 0.138 e. The van der Waals surface area contributed by atoms with Crippen molar-refractivity contribution in [2.75, 3.05) is 0 Å². The number of hydrogen-bond acceptors (Lipinski definition) is 3. The molecule has 0 spiro atoms. The standard InChI is InChI=1S/C26H22O3/c27-17-5-9-21-15-13-19-7-1-3-11-23(19)25(21)29-26-22(10-6-18-28)16-14-20-8-2-4-12-24(20)26/h1-8,11-18,27-28H,9-10H2. The molecule has 0 bridgehead atoms. The van der Waals surface area contributed by atoms with Gasteiger partial charge in [-0.25, -0.2) is 0 Å². The Morgan fingerprint density at radius 2 is 1.03 bits per heavy atom. The van der Waals surface area contributed by atoms with Gasteiger partial charge in [-0.2, -0.15) is 0 Å². The van der Waals surface area contributed by atoms with Gasteiger partial charge in [-0.3, -0.25) is 0 Å². The van der Waals surface area contributed by atoms with Crippen LogP contribution in [0.2, 0.25) is 0 Å². The van der Waals surface area contributed by atoms with Gasteiger partial charge in [-0.15, -0.1) is 0 Å². The molecule has 0 aliphatic heterocycles. The second-order valence-corrected chi connectivity index (χ2v) is 6.83. The summed E-state index contributed by atoms with van der Waals surface area (Å²) in [6.45, 7) is 0. The third-order valence-electron chi connectivity index (χ3n) is 5.01. The molecular weight excluding hydrogens is 360 g/mol. The van der Waals surface area contributed by atoms with Crippen molar-refractivity contribution in [1.29, 1.82) is 0 Å². The van der Waals surface area contributed by atoms with Gasteiger partial charge in [0.25, 0.3) is 0 Å². The molecule has 0 saturated carbocycles. The van der Waals surface area contributed by atoms with E-state index in [-0.39, 0.29) is 0 Å². The molecule has 0 atom stereocenters. The molecule has 2 N–H and O–H groups in total. The van der Waals surface area contributed by atoms with Crippen LogP contribution in [0.3, 0.4) is 0 Å². The Labute approximate surface area is 169 Å². The number of aliphatic hydroxyl groups excluding tert-OH is 2. The minimum atomic E-state index is 0.563. The highest BCUT2D eigenvalue weighted by molar-refractivity contribution is 5.93. The second-order valence-electron chi connectivity index (χ2n) is 6.83. The van der Waals surface area contributed by atoms with E-state index in [1.807, 2.05) is 36.4 Å². The molecule has 144 valence electrons. The van der Waals surface area contributed by atoms with Crippen molar-refractivity contribution in [3.63, 3.8) is 0 Å².